The Hall–Kier alpha value is -1.18. The minimum absolute atomic E-state index is 0.605. The van der Waals surface area contributed by atoms with Crippen molar-refractivity contribution in [1.29, 1.82) is 0 Å². The first kappa shape index (κ1) is 15.2. The smallest absolute Gasteiger partial charge is 0.142 e. The van der Waals surface area contributed by atoms with Gasteiger partial charge in [-0.05, 0) is 56.7 Å². The fourth-order valence-electron chi connectivity index (χ4n) is 3.17. The van der Waals surface area contributed by atoms with E-state index in [0.29, 0.717) is 6.04 Å². The third kappa shape index (κ3) is 4.16. The van der Waals surface area contributed by atoms with Crippen molar-refractivity contribution in [3.05, 3.63) is 23.8 Å². The Morgan fingerprint density at radius 2 is 2.00 bits per heavy atom. The van der Waals surface area contributed by atoms with Crippen LogP contribution < -0.4 is 10.1 Å². The quantitative estimate of drug-likeness (QED) is 0.749. The van der Waals surface area contributed by atoms with Gasteiger partial charge in [0, 0.05) is 6.04 Å². The van der Waals surface area contributed by atoms with E-state index in [1.807, 2.05) is 6.92 Å². The molecule has 1 N–H and O–H groups in total. The van der Waals surface area contributed by atoms with E-state index < -0.39 is 0 Å². The van der Waals surface area contributed by atoms with Crippen LogP contribution in [0.15, 0.2) is 18.2 Å². The second-order valence-corrected chi connectivity index (χ2v) is 6.06. The summed E-state index contributed by atoms with van der Waals surface area (Å²) in [6, 6.07) is 7.07. The van der Waals surface area contributed by atoms with Gasteiger partial charge >= 0.3 is 0 Å². The molecule has 0 heterocycles. The Morgan fingerprint density at radius 3 is 2.75 bits per heavy atom. The molecular formula is C18H29NO. The van der Waals surface area contributed by atoms with Gasteiger partial charge in [0.2, 0.25) is 0 Å². The monoisotopic (exact) mass is 275 g/mol. The van der Waals surface area contributed by atoms with Crippen molar-refractivity contribution >= 4 is 5.69 Å². The summed E-state index contributed by atoms with van der Waals surface area (Å²) in [4.78, 5) is 0. The van der Waals surface area contributed by atoms with Crippen LogP contribution in [-0.4, -0.2) is 12.6 Å². The van der Waals surface area contributed by atoms with E-state index in [1.54, 1.807) is 0 Å². The van der Waals surface area contributed by atoms with Crippen molar-refractivity contribution in [2.45, 2.75) is 65.3 Å². The van der Waals surface area contributed by atoms with Crippen LogP contribution in [-0.2, 0) is 0 Å². The summed E-state index contributed by atoms with van der Waals surface area (Å²) in [6.07, 6.45) is 8.03. The Kier molecular flexibility index (Phi) is 5.75. The third-order valence-electron chi connectivity index (χ3n) is 4.46. The fraction of sp³-hybridized carbons (Fsp3) is 0.667. The summed E-state index contributed by atoms with van der Waals surface area (Å²) in [5.74, 6) is 1.94. The van der Waals surface area contributed by atoms with Crippen molar-refractivity contribution in [1.82, 2.24) is 0 Å². The van der Waals surface area contributed by atoms with Gasteiger partial charge in [-0.15, -0.1) is 0 Å². The predicted molar refractivity (Wildman–Crippen MR) is 86.6 cm³/mol. The lowest BCUT2D eigenvalue weighted by Gasteiger charge is -2.20. The lowest BCUT2D eigenvalue weighted by Crippen LogP contribution is -2.19. The van der Waals surface area contributed by atoms with Gasteiger partial charge in [-0.25, -0.2) is 0 Å². The highest BCUT2D eigenvalue weighted by molar-refractivity contribution is 5.58. The molecule has 0 bridgehead atoms. The van der Waals surface area contributed by atoms with E-state index in [2.05, 4.69) is 37.4 Å². The first-order valence-corrected chi connectivity index (χ1v) is 8.22. The average molecular weight is 275 g/mol. The number of nitrogens with one attached hydrogen (secondary N) is 1. The molecule has 0 aromatic heterocycles. The van der Waals surface area contributed by atoms with Gasteiger partial charge in [-0.3, -0.25) is 0 Å². The van der Waals surface area contributed by atoms with E-state index in [9.17, 15) is 0 Å². The van der Waals surface area contributed by atoms with E-state index in [-0.39, 0.29) is 0 Å². The van der Waals surface area contributed by atoms with Crippen LogP contribution in [0, 0.1) is 12.8 Å². The lowest BCUT2D eigenvalue weighted by atomic mass is 9.98. The van der Waals surface area contributed by atoms with Crippen LogP contribution in [0.4, 0.5) is 5.69 Å². The normalized spacial score (nSPS) is 23.1. The van der Waals surface area contributed by atoms with E-state index in [0.717, 1.165) is 24.0 Å². The Balaban J connectivity index is 2.02. The number of ether oxygens (including phenoxy) is 1. The van der Waals surface area contributed by atoms with Gasteiger partial charge in [0.05, 0.1) is 12.3 Å². The first-order valence-electron chi connectivity index (χ1n) is 8.22. The van der Waals surface area contributed by atoms with Gasteiger partial charge in [0.15, 0.2) is 0 Å². The second-order valence-electron chi connectivity index (χ2n) is 6.06. The molecular weight excluding hydrogens is 246 g/mol. The zero-order valence-electron chi connectivity index (χ0n) is 13.2. The fourth-order valence-corrected chi connectivity index (χ4v) is 3.17. The number of aryl methyl sites for hydroxylation is 1. The number of rotatable bonds is 5. The molecule has 20 heavy (non-hydrogen) atoms. The molecule has 1 aromatic carbocycles. The Bertz CT molecular complexity index is 416. The van der Waals surface area contributed by atoms with Gasteiger partial charge in [0.1, 0.15) is 5.75 Å². The molecule has 2 unspecified atom stereocenters. The number of anilines is 1. The molecule has 1 aliphatic rings. The minimum atomic E-state index is 0.605. The van der Waals surface area contributed by atoms with Crippen LogP contribution in [0.2, 0.25) is 0 Å². The summed E-state index contributed by atoms with van der Waals surface area (Å²) in [5.41, 5.74) is 2.42. The molecule has 0 radical (unpaired) electrons. The molecule has 2 nitrogen and oxygen atoms in total. The van der Waals surface area contributed by atoms with Crippen molar-refractivity contribution in [2.75, 3.05) is 11.9 Å². The van der Waals surface area contributed by atoms with Crippen LogP contribution in [0.3, 0.4) is 0 Å². The van der Waals surface area contributed by atoms with Crippen LogP contribution in [0.5, 0.6) is 5.75 Å². The van der Waals surface area contributed by atoms with Crippen LogP contribution in [0.25, 0.3) is 0 Å². The topological polar surface area (TPSA) is 21.3 Å². The Labute approximate surface area is 123 Å². The molecule has 0 amide bonds. The summed E-state index contributed by atoms with van der Waals surface area (Å²) in [6.45, 7) is 7.21. The maximum atomic E-state index is 5.77. The highest BCUT2D eigenvalue weighted by Crippen LogP contribution is 2.31. The zero-order valence-corrected chi connectivity index (χ0v) is 13.2. The second kappa shape index (κ2) is 7.56. The van der Waals surface area contributed by atoms with Gasteiger partial charge in [0.25, 0.3) is 0 Å². The number of hydrogen-bond donors (Lipinski definition) is 1. The van der Waals surface area contributed by atoms with Crippen LogP contribution in [0.1, 0.15) is 57.9 Å². The molecule has 2 heteroatoms. The lowest BCUT2D eigenvalue weighted by molar-refractivity contribution is 0.341. The largest absolute Gasteiger partial charge is 0.492 e. The summed E-state index contributed by atoms with van der Waals surface area (Å²) in [7, 11) is 0. The average Bonchev–Trinajstić information content (AvgIpc) is 2.67. The predicted octanol–water partition coefficient (Wildman–Crippen LogP) is 5.16. The molecule has 0 aliphatic heterocycles. The van der Waals surface area contributed by atoms with E-state index in [4.69, 9.17) is 4.74 Å². The maximum Gasteiger partial charge on any atom is 0.142 e. The van der Waals surface area contributed by atoms with Crippen molar-refractivity contribution in [2.24, 2.45) is 5.92 Å². The van der Waals surface area contributed by atoms with Crippen LogP contribution >= 0.6 is 0 Å². The van der Waals surface area contributed by atoms with Gasteiger partial charge < -0.3 is 10.1 Å². The number of hydrogen-bond acceptors (Lipinski definition) is 2. The first-order chi connectivity index (χ1) is 9.72. The van der Waals surface area contributed by atoms with Gasteiger partial charge in [-0.2, -0.15) is 0 Å². The van der Waals surface area contributed by atoms with Crippen molar-refractivity contribution in [3.63, 3.8) is 0 Å². The Morgan fingerprint density at radius 1 is 1.15 bits per heavy atom. The minimum Gasteiger partial charge on any atom is -0.492 e. The number of benzene rings is 1. The molecule has 1 aliphatic carbocycles. The molecule has 2 rings (SSSR count). The maximum absolute atomic E-state index is 5.77. The highest BCUT2D eigenvalue weighted by Gasteiger charge is 2.18. The van der Waals surface area contributed by atoms with E-state index in [1.165, 1.54) is 44.1 Å². The zero-order chi connectivity index (χ0) is 14.4. The summed E-state index contributed by atoms with van der Waals surface area (Å²) >= 11 is 0. The SMILES string of the molecule is CCOc1cc(C)ccc1NC1CCCC(CC)CC1. The standard InChI is InChI=1S/C18H29NO/c1-4-15-7-6-8-16(11-10-15)19-17-12-9-14(3)13-18(17)20-5-2/h9,12-13,15-16,19H,4-8,10-11H2,1-3H3. The van der Waals surface area contributed by atoms with Gasteiger partial charge in [-0.1, -0.05) is 32.3 Å². The molecule has 1 aromatic rings. The van der Waals surface area contributed by atoms with Crippen molar-refractivity contribution < 1.29 is 4.74 Å². The highest BCUT2D eigenvalue weighted by atomic mass is 16.5. The van der Waals surface area contributed by atoms with Crippen molar-refractivity contribution in [3.8, 4) is 5.75 Å². The summed E-state index contributed by atoms with van der Waals surface area (Å²) < 4.78 is 5.77. The molecule has 0 saturated heterocycles. The molecule has 2 atom stereocenters. The van der Waals surface area contributed by atoms with E-state index >= 15 is 0 Å². The molecule has 1 fully saturated rings. The molecule has 1 saturated carbocycles. The molecule has 112 valence electrons. The molecule has 0 spiro atoms. The summed E-state index contributed by atoms with van der Waals surface area (Å²) in [5, 5.41) is 3.72. The third-order valence-corrected chi connectivity index (χ3v) is 4.46.